The molecule has 1 N–H and O–H groups in total. The number of nitro benzene ring substituents is 1. The van der Waals surface area contributed by atoms with Gasteiger partial charge in [0, 0.05) is 22.3 Å². The van der Waals surface area contributed by atoms with Gasteiger partial charge in [0.15, 0.2) is 6.61 Å². The Kier molecular flexibility index (Phi) is 6.66. The van der Waals surface area contributed by atoms with Crippen LogP contribution in [0.25, 0.3) is 0 Å². The van der Waals surface area contributed by atoms with E-state index < -0.39 is 10.8 Å². The van der Waals surface area contributed by atoms with Gasteiger partial charge in [-0.05, 0) is 48.5 Å². The van der Waals surface area contributed by atoms with Crippen LogP contribution in [-0.4, -0.2) is 23.2 Å². The molecule has 0 atom stereocenters. The van der Waals surface area contributed by atoms with Crippen LogP contribution in [0.4, 0.5) is 11.4 Å². The topological polar surface area (TPSA) is 98.5 Å². The average molecular weight is 445 g/mol. The monoisotopic (exact) mass is 444 g/mol. The summed E-state index contributed by atoms with van der Waals surface area (Å²) in [5.41, 5.74) is 0.384. The maximum Gasteiger partial charge on any atom is 0.282 e. The third-order valence-electron chi connectivity index (χ3n) is 4.06. The summed E-state index contributed by atoms with van der Waals surface area (Å²) >= 11 is 11.8. The maximum absolute atomic E-state index is 12.3. The van der Waals surface area contributed by atoms with Gasteiger partial charge in [0.05, 0.1) is 9.95 Å². The Morgan fingerprint density at radius 2 is 1.67 bits per heavy atom. The second-order valence-corrected chi connectivity index (χ2v) is 6.93. The Labute approximate surface area is 181 Å². The van der Waals surface area contributed by atoms with Crippen molar-refractivity contribution in [2.75, 3.05) is 11.9 Å². The fourth-order valence-corrected chi connectivity index (χ4v) is 3.11. The van der Waals surface area contributed by atoms with Crippen molar-refractivity contribution in [3.8, 4) is 5.75 Å². The van der Waals surface area contributed by atoms with Gasteiger partial charge >= 0.3 is 0 Å². The molecule has 0 aliphatic heterocycles. The van der Waals surface area contributed by atoms with E-state index in [1.165, 1.54) is 30.3 Å². The summed E-state index contributed by atoms with van der Waals surface area (Å²) < 4.78 is 5.46. The van der Waals surface area contributed by atoms with Gasteiger partial charge in [-0.15, -0.1) is 0 Å². The molecule has 30 heavy (non-hydrogen) atoms. The van der Waals surface area contributed by atoms with Crippen molar-refractivity contribution in [1.82, 2.24) is 0 Å². The number of rotatable bonds is 7. The third-order valence-corrected chi connectivity index (χ3v) is 4.61. The van der Waals surface area contributed by atoms with Gasteiger partial charge in [-0.3, -0.25) is 19.7 Å². The molecule has 0 saturated heterocycles. The highest BCUT2D eigenvalue weighted by atomic mass is 35.5. The van der Waals surface area contributed by atoms with Gasteiger partial charge in [-0.2, -0.15) is 0 Å². The minimum atomic E-state index is -0.615. The lowest BCUT2D eigenvalue weighted by Gasteiger charge is -2.09. The summed E-state index contributed by atoms with van der Waals surface area (Å²) in [5.74, 6) is -0.522. The summed E-state index contributed by atoms with van der Waals surface area (Å²) in [6, 6.07) is 16.5. The number of ketones is 1. The molecule has 0 fully saturated rings. The number of Topliss-reactive ketones (excluding diaryl/α,β-unsaturated/α-hetero) is 1. The molecule has 0 aliphatic carbocycles. The highest BCUT2D eigenvalue weighted by molar-refractivity contribution is 6.36. The summed E-state index contributed by atoms with van der Waals surface area (Å²) in [7, 11) is 0. The second kappa shape index (κ2) is 9.39. The van der Waals surface area contributed by atoms with Gasteiger partial charge in [0.25, 0.3) is 11.6 Å². The summed E-state index contributed by atoms with van der Waals surface area (Å²) in [5, 5.41) is 14.3. The molecule has 0 bridgehead atoms. The molecule has 7 nitrogen and oxygen atoms in total. The van der Waals surface area contributed by atoms with Crippen LogP contribution in [0, 0.1) is 10.1 Å². The number of benzene rings is 3. The first-order valence-corrected chi connectivity index (χ1v) is 9.36. The largest absolute Gasteiger partial charge is 0.485 e. The molecule has 0 aromatic heterocycles. The van der Waals surface area contributed by atoms with Crippen molar-refractivity contribution in [3.05, 3.63) is 98.0 Å². The van der Waals surface area contributed by atoms with Gasteiger partial charge < -0.3 is 10.1 Å². The number of carbonyl (C=O) groups excluding carboxylic acids is 2. The molecule has 9 heteroatoms. The number of hydrogen-bond acceptors (Lipinski definition) is 5. The minimum absolute atomic E-state index is 0.0479. The van der Waals surface area contributed by atoms with Crippen LogP contribution < -0.4 is 10.1 Å². The average Bonchev–Trinajstić information content (AvgIpc) is 2.73. The molecule has 0 unspecified atom stereocenters. The fourth-order valence-electron chi connectivity index (χ4n) is 2.60. The summed E-state index contributed by atoms with van der Waals surface area (Å²) in [4.78, 5) is 35.0. The van der Waals surface area contributed by atoms with Crippen LogP contribution >= 0.6 is 23.2 Å². The lowest BCUT2D eigenvalue weighted by molar-refractivity contribution is -0.385. The standard InChI is InChI=1S/C21H14Cl2N2O5/c22-13-5-10-16(18(23)11-13)20(26)12-30-15-8-6-14(7-9-15)24-21(27)17-3-1-2-4-19(17)25(28)29/h1-11H,12H2,(H,24,27). The smallest absolute Gasteiger partial charge is 0.282 e. The van der Waals surface area contributed by atoms with Gasteiger partial charge in [0.1, 0.15) is 11.3 Å². The molecule has 152 valence electrons. The first kappa shape index (κ1) is 21.3. The second-order valence-electron chi connectivity index (χ2n) is 6.09. The van der Waals surface area contributed by atoms with Crippen molar-refractivity contribution < 1.29 is 19.2 Å². The van der Waals surface area contributed by atoms with Crippen LogP contribution in [0.15, 0.2) is 66.7 Å². The predicted octanol–water partition coefficient (Wildman–Crippen LogP) is 5.42. The van der Waals surface area contributed by atoms with E-state index in [9.17, 15) is 19.7 Å². The van der Waals surface area contributed by atoms with Crippen LogP contribution in [-0.2, 0) is 0 Å². The number of nitro groups is 1. The van der Waals surface area contributed by atoms with Gasteiger partial charge in [0.2, 0.25) is 5.78 Å². The lowest BCUT2D eigenvalue weighted by Crippen LogP contribution is -2.14. The molecule has 0 radical (unpaired) electrons. The third kappa shape index (κ3) is 5.14. The molecule has 3 aromatic rings. The van der Waals surface area contributed by atoms with Crippen molar-refractivity contribution >= 4 is 46.3 Å². The first-order chi connectivity index (χ1) is 14.3. The molecular formula is C21H14Cl2N2O5. The normalized spacial score (nSPS) is 10.3. The number of nitrogens with zero attached hydrogens (tertiary/aromatic N) is 1. The summed E-state index contributed by atoms with van der Waals surface area (Å²) in [6.07, 6.45) is 0. The molecule has 3 aromatic carbocycles. The van der Waals surface area contributed by atoms with E-state index in [0.29, 0.717) is 22.0 Å². The number of para-hydroxylation sites is 1. The van der Waals surface area contributed by atoms with E-state index in [-0.39, 0.29) is 28.7 Å². The molecule has 3 rings (SSSR count). The zero-order valence-corrected chi connectivity index (χ0v) is 16.8. The quantitative estimate of drug-likeness (QED) is 0.298. The molecule has 0 aliphatic rings. The number of ether oxygens (including phenoxy) is 1. The summed E-state index contributed by atoms with van der Waals surface area (Å²) in [6.45, 7) is -0.233. The maximum atomic E-state index is 12.3. The van der Waals surface area contributed by atoms with E-state index in [0.717, 1.165) is 0 Å². The molecule has 1 amide bonds. The molecule has 0 heterocycles. The Morgan fingerprint density at radius 3 is 2.33 bits per heavy atom. The molecule has 0 spiro atoms. The van der Waals surface area contributed by atoms with Crippen molar-refractivity contribution in [2.45, 2.75) is 0 Å². The fraction of sp³-hybridized carbons (Fsp3) is 0.0476. The van der Waals surface area contributed by atoms with Crippen LogP contribution in [0.2, 0.25) is 10.0 Å². The Hall–Kier alpha value is -3.42. The zero-order valence-electron chi connectivity index (χ0n) is 15.3. The van der Waals surface area contributed by atoms with Crippen molar-refractivity contribution in [1.29, 1.82) is 0 Å². The molecule has 0 saturated carbocycles. The number of anilines is 1. The minimum Gasteiger partial charge on any atom is -0.485 e. The molecular weight excluding hydrogens is 431 g/mol. The highest BCUT2D eigenvalue weighted by Crippen LogP contribution is 2.23. The number of hydrogen-bond donors (Lipinski definition) is 1. The highest BCUT2D eigenvalue weighted by Gasteiger charge is 2.19. The first-order valence-electron chi connectivity index (χ1n) is 8.61. The van der Waals surface area contributed by atoms with Crippen LogP contribution in [0.1, 0.15) is 20.7 Å². The van der Waals surface area contributed by atoms with E-state index >= 15 is 0 Å². The SMILES string of the molecule is O=C(COc1ccc(NC(=O)c2ccccc2[N+](=O)[O-])cc1)c1ccc(Cl)cc1Cl. The van der Waals surface area contributed by atoms with E-state index in [2.05, 4.69) is 5.32 Å². The Balaban J connectivity index is 1.62. The van der Waals surface area contributed by atoms with E-state index in [1.54, 1.807) is 36.4 Å². The predicted molar refractivity (Wildman–Crippen MR) is 114 cm³/mol. The van der Waals surface area contributed by atoms with Gasteiger partial charge in [-0.25, -0.2) is 0 Å². The Bertz CT molecular complexity index is 1120. The lowest BCUT2D eigenvalue weighted by atomic mass is 10.1. The van der Waals surface area contributed by atoms with Crippen LogP contribution in [0.5, 0.6) is 5.75 Å². The number of nitrogens with one attached hydrogen (secondary N) is 1. The number of carbonyl (C=O) groups is 2. The number of amides is 1. The zero-order chi connectivity index (χ0) is 21.7. The van der Waals surface area contributed by atoms with Crippen LogP contribution in [0.3, 0.4) is 0 Å². The van der Waals surface area contributed by atoms with Crippen molar-refractivity contribution in [2.24, 2.45) is 0 Å². The van der Waals surface area contributed by atoms with Gasteiger partial charge in [-0.1, -0.05) is 35.3 Å². The van der Waals surface area contributed by atoms with E-state index in [1.807, 2.05) is 0 Å². The Morgan fingerprint density at radius 1 is 0.967 bits per heavy atom. The number of halogens is 2. The van der Waals surface area contributed by atoms with Crippen molar-refractivity contribution in [3.63, 3.8) is 0 Å². The van der Waals surface area contributed by atoms with E-state index in [4.69, 9.17) is 27.9 Å².